The van der Waals surface area contributed by atoms with Crippen molar-refractivity contribution in [3.8, 4) is 0 Å². The van der Waals surface area contributed by atoms with Crippen LogP contribution in [0.4, 0.5) is 10.1 Å². The SMILES string of the molecule is Fc1ccc(NC(=S)N2CCn3cccc3C2c2ccncc2)cc1. The van der Waals surface area contributed by atoms with Crippen LogP contribution in [0.1, 0.15) is 17.3 Å². The summed E-state index contributed by atoms with van der Waals surface area (Å²) in [6.45, 7) is 1.66. The molecule has 1 N–H and O–H groups in total. The van der Waals surface area contributed by atoms with Gasteiger partial charge in [-0.3, -0.25) is 4.98 Å². The summed E-state index contributed by atoms with van der Waals surface area (Å²) in [4.78, 5) is 6.29. The van der Waals surface area contributed by atoms with Crippen LogP contribution < -0.4 is 5.32 Å². The van der Waals surface area contributed by atoms with Gasteiger partial charge >= 0.3 is 0 Å². The number of thiocarbonyl (C=S) groups is 1. The molecule has 1 aliphatic heterocycles. The smallest absolute Gasteiger partial charge is 0.174 e. The standard InChI is InChI=1S/C19H17FN4S/c20-15-3-5-16(6-4-15)22-19(25)24-13-12-23-11-1-2-17(23)18(24)14-7-9-21-10-8-14/h1-11,18H,12-13H2,(H,22,25). The number of anilines is 1. The molecule has 0 saturated heterocycles. The second-order valence-corrected chi connectivity index (χ2v) is 6.33. The first-order chi connectivity index (χ1) is 12.2. The van der Waals surface area contributed by atoms with Gasteiger partial charge in [0.2, 0.25) is 0 Å². The summed E-state index contributed by atoms with van der Waals surface area (Å²) >= 11 is 5.67. The molecule has 1 atom stereocenters. The molecular weight excluding hydrogens is 335 g/mol. The number of hydrogen-bond acceptors (Lipinski definition) is 2. The molecule has 1 unspecified atom stereocenters. The Morgan fingerprint density at radius 1 is 1.08 bits per heavy atom. The van der Waals surface area contributed by atoms with Crippen molar-refractivity contribution < 1.29 is 4.39 Å². The topological polar surface area (TPSA) is 33.1 Å². The predicted octanol–water partition coefficient (Wildman–Crippen LogP) is 3.82. The normalized spacial score (nSPS) is 16.4. The Morgan fingerprint density at radius 3 is 2.60 bits per heavy atom. The van der Waals surface area contributed by atoms with E-state index in [0.29, 0.717) is 5.11 Å². The zero-order valence-corrected chi connectivity index (χ0v) is 14.3. The van der Waals surface area contributed by atoms with Crippen LogP contribution in [-0.4, -0.2) is 26.1 Å². The van der Waals surface area contributed by atoms with E-state index >= 15 is 0 Å². The van der Waals surface area contributed by atoms with Crippen molar-refractivity contribution in [2.45, 2.75) is 12.6 Å². The van der Waals surface area contributed by atoms with Gasteiger partial charge in [-0.25, -0.2) is 4.39 Å². The summed E-state index contributed by atoms with van der Waals surface area (Å²) in [6, 6.07) is 14.5. The first-order valence-electron chi connectivity index (χ1n) is 8.10. The first-order valence-corrected chi connectivity index (χ1v) is 8.51. The van der Waals surface area contributed by atoms with Gasteiger partial charge in [0.25, 0.3) is 0 Å². The molecule has 0 amide bonds. The largest absolute Gasteiger partial charge is 0.348 e. The molecule has 2 aromatic heterocycles. The minimum absolute atomic E-state index is 0.0206. The summed E-state index contributed by atoms with van der Waals surface area (Å²) in [7, 11) is 0. The first kappa shape index (κ1) is 15.8. The number of rotatable bonds is 2. The van der Waals surface area contributed by atoms with Crippen molar-refractivity contribution in [2.75, 3.05) is 11.9 Å². The number of pyridine rings is 1. The van der Waals surface area contributed by atoms with Crippen molar-refractivity contribution in [3.63, 3.8) is 0 Å². The fourth-order valence-electron chi connectivity index (χ4n) is 3.23. The summed E-state index contributed by atoms with van der Waals surface area (Å²) < 4.78 is 15.4. The third-order valence-electron chi connectivity index (χ3n) is 4.42. The van der Waals surface area contributed by atoms with Crippen LogP contribution in [-0.2, 0) is 6.54 Å². The van der Waals surface area contributed by atoms with E-state index in [1.54, 1.807) is 24.5 Å². The second kappa shape index (κ2) is 6.64. The summed E-state index contributed by atoms with van der Waals surface area (Å²) in [5.41, 5.74) is 3.11. The van der Waals surface area contributed by atoms with Gasteiger partial charge in [-0.2, -0.15) is 0 Å². The third-order valence-corrected chi connectivity index (χ3v) is 4.75. The van der Waals surface area contributed by atoms with Gasteiger partial charge in [0.15, 0.2) is 5.11 Å². The molecule has 0 spiro atoms. The fourth-order valence-corrected chi connectivity index (χ4v) is 3.54. The molecule has 3 heterocycles. The average molecular weight is 352 g/mol. The molecule has 0 aliphatic carbocycles. The average Bonchev–Trinajstić information content (AvgIpc) is 3.12. The highest BCUT2D eigenvalue weighted by Crippen LogP contribution is 2.32. The lowest BCUT2D eigenvalue weighted by molar-refractivity contribution is 0.293. The molecule has 6 heteroatoms. The van der Waals surface area contributed by atoms with Crippen molar-refractivity contribution >= 4 is 23.0 Å². The molecule has 1 aliphatic rings. The van der Waals surface area contributed by atoms with Crippen LogP contribution in [0.5, 0.6) is 0 Å². The van der Waals surface area contributed by atoms with Crippen LogP contribution in [0.15, 0.2) is 67.1 Å². The summed E-state index contributed by atoms with van der Waals surface area (Å²) in [6.07, 6.45) is 5.69. The number of nitrogens with one attached hydrogen (secondary N) is 1. The van der Waals surface area contributed by atoms with Crippen molar-refractivity contribution in [1.82, 2.24) is 14.5 Å². The molecule has 3 aromatic rings. The van der Waals surface area contributed by atoms with Gasteiger partial charge in [-0.1, -0.05) is 0 Å². The Morgan fingerprint density at radius 2 is 1.84 bits per heavy atom. The molecule has 4 rings (SSSR count). The number of halogens is 1. The van der Waals surface area contributed by atoms with Crippen molar-refractivity contribution in [2.24, 2.45) is 0 Å². The molecule has 0 radical (unpaired) electrons. The van der Waals surface area contributed by atoms with Crippen LogP contribution in [0.25, 0.3) is 0 Å². The van der Waals surface area contributed by atoms with E-state index in [1.807, 2.05) is 12.1 Å². The number of fused-ring (bicyclic) bond motifs is 1. The van der Waals surface area contributed by atoms with Crippen LogP contribution in [0, 0.1) is 5.82 Å². The van der Waals surface area contributed by atoms with Crippen molar-refractivity contribution in [1.29, 1.82) is 0 Å². The quantitative estimate of drug-likeness (QED) is 0.711. The monoisotopic (exact) mass is 352 g/mol. The van der Waals surface area contributed by atoms with Crippen LogP contribution in [0.2, 0.25) is 0 Å². The van der Waals surface area contributed by atoms with E-state index in [0.717, 1.165) is 24.3 Å². The number of aromatic nitrogens is 2. The number of nitrogens with zero attached hydrogens (tertiary/aromatic N) is 3. The lowest BCUT2D eigenvalue weighted by atomic mass is 10.0. The van der Waals surface area contributed by atoms with Gasteiger partial charge in [-0.05, 0) is 66.3 Å². The maximum absolute atomic E-state index is 13.1. The molecule has 0 saturated carbocycles. The molecule has 0 bridgehead atoms. The second-order valence-electron chi connectivity index (χ2n) is 5.94. The van der Waals surface area contributed by atoms with Crippen LogP contribution >= 0.6 is 12.2 Å². The molecule has 1 aromatic carbocycles. The van der Waals surface area contributed by atoms with Gasteiger partial charge in [0.05, 0.1) is 6.04 Å². The van der Waals surface area contributed by atoms with Gasteiger partial charge in [0.1, 0.15) is 5.82 Å². The molecule has 25 heavy (non-hydrogen) atoms. The zero-order chi connectivity index (χ0) is 17.2. The Labute approximate surface area is 150 Å². The molecule has 126 valence electrons. The highest BCUT2D eigenvalue weighted by atomic mass is 32.1. The number of hydrogen-bond donors (Lipinski definition) is 1. The number of benzene rings is 1. The van der Waals surface area contributed by atoms with E-state index in [4.69, 9.17) is 12.2 Å². The highest BCUT2D eigenvalue weighted by molar-refractivity contribution is 7.80. The van der Waals surface area contributed by atoms with E-state index in [2.05, 4.69) is 38.1 Å². The predicted molar refractivity (Wildman–Crippen MR) is 99.8 cm³/mol. The van der Waals surface area contributed by atoms with Gasteiger partial charge in [-0.15, -0.1) is 0 Å². The van der Waals surface area contributed by atoms with E-state index in [9.17, 15) is 4.39 Å². The Bertz CT molecular complexity index is 876. The van der Waals surface area contributed by atoms with Crippen molar-refractivity contribution in [3.05, 3.63) is 84.2 Å². The zero-order valence-electron chi connectivity index (χ0n) is 13.5. The maximum atomic E-state index is 13.1. The minimum atomic E-state index is -0.262. The molecule has 4 nitrogen and oxygen atoms in total. The van der Waals surface area contributed by atoms with Gasteiger partial charge < -0.3 is 14.8 Å². The molecular formula is C19H17FN4S. The van der Waals surface area contributed by atoms with Crippen LogP contribution in [0.3, 0.4) is 0 Å². The lowest BCUT2D eigenvalue weighted by Crippen LogP contribution is -2.44. The minimum Gasteiger partial charge on any atom is -0.348 e. The molecule has 0 fully saturated rings. The fraction of sp³-hybridized carbons (Fsp3) is 0.158. The summed E-state index contributed by atoms with van der Waals surface area (Å²) in [5.74, 6) is -0.262. The van der Waals surface area contributed by atoms with E-state index in [-0.39, 0.29) is 11.9 Å². The Hall–Kier alpha value is -2.73. The Kier molecular flexibility index (Phi) is 4.19. The lowest BCUT2D eigenvalue weighted by Gasteiger charge is -2.39. The third kappa shape index (κ3) is 3.13. The highest BCUT2D eigenvalue weighted by Gasteiger charge is 2.30. The summed E-state index contributed by atoms with van der Waals surface area (Å²) in [5, 5.41) is 3.85. The van der Waals surface area contributed by atoms with E-state index in [1.165, 1.54) is 17.8 Å². The maximum Gasteiger partial charge on any atom is 0.174 e. The van der Waals surface area contributed by atoms with E-state index < -0.39 is 0 Å². The Balaban J connectivity index is 1.65. The van der Waals surface area contributed by atoms with Gasteiger partial charge in [0, 0.05) is 43.1 Å².